The molecule has 0 aliphatic heterocycles. The summed E-state index contributed by atoms with van der Waals surface area (Å²) in [6, 6.07) is 9.01. The first kappa shape index (κ1) is 22.5. The van der Waals surface area contributed by atoms with Crippen LogP contribution in [0.5, 0.6) is 11.6 Å². The van der Waals surface area contributed by atoms with Gasteiger partial charge in [-0.3, -0.25) is 9.69 Å². The Kier molecular flexibility index (Phi) is 6.74. The first-order valence-corrected chi connectivity index (χ1v) is 9.58. The van der Waals surface area contributed by atoms with Gasteiger partial charge in [0, 0.05) is 25.7 Å². The molecule has 6 nitrogen and oxygen atoms in total. The van der Waals surface area contributed by atoms with Crippen LogP contribution in [0.2, 0.25) is 5.02 Å². The Morgan fingerprint density at radius 2 is 1.81 bits per heavy atom. The maximum Gasteiger partial charge on any atom is 0.417 e. The molecule has 162 valence electrons. The number of amides is 1. The van der Waals surface area contributed by atoms with Gasteiger partial charge in [-0.25, -0.2) is 15.0 Å². The molecular weight excluding hydrogens is 433 g/mol. The lowest BCUT2D eigenvalue weighted by molar-refractivity contribution is -0.137. The van der Waals surface area contributed by atoms with Gasteiger partial charge in [-0.15, -0.1) is 0 Å². The molecule has 0 fully saturated rings. The molecule has 0 aliphatic rings. The number of halogens is 4. The summed E-state index contributed by atoms with van der Waals surface area (Å²) in [5, 5.41) is 0.325. The fraction of sp³-hybridized carbons (Fsp3) is 0.238. The molecule has 1 aromatic carbocycles. The maximum absolute atomic E-state index is 12.6. The SMILES string of the molecule is CC(=O)N(CCc1ccc(Oc2ccc(C(F)(F)F)cn2)cc1)c1ncnc(C)c1Cl. The van der Waals surface area contributed by atoms with Gasteiger partial charge in [0.05, 0.1) is 11.3 Å². The maximum atomic E-state index is 12.6. The average molecular weight is 451 g/mol. The normalized spacial score (nSPS) is 11.3. The van der Waals surface area contributed by atoms with Crippen molar-refractivity contribution >= 4 is 23.3 Å². The smallest absolute Gasteiger partial charge is 0.417 e. The van der Waals surface area contributed by atoms with Crippen molar-refractivity contribution in [3.05, 3.63) is 70.8 Å². The minimum Gasteiger partial charge on any atom is -0.439 e. The largest absolute Gasteiger partial charge is 0.439 e. The van der Waals surface area contributed by atoms with E-state index in [9.17, 15) is 18.0 Å². The van der Waals surface area contributed by atoms with Crippen molar-refractivity contribution in [2.75, 3.05) is 11.4 Å². The van der Waals surface area contributed by atoms with Crippen molar-refractivity contribution in [2.45, 2.75) is 26.4 Å². The third kappa shape index (κ3) is 5.69. The molecular formula is C21H18ClF3N4O2. The van der Waals surface area contributed by atoms with Gasteiger partial charge in [-0.1, -0.05) is 23.7 Å². The molecule has 0 aliphatic carbocycles. The number of carbonyl (C=O) groups is 1. The van der Waals surface area contributed by atoms with E-state index in [-0.39, 0.29) is 11.8 Å². The minimum atomic E-state index is -4.45. The minimum absolute atomic E-state index is 0.0530. The number of carbonyl (C=O) groups excluding carboxylic acids is 1. The molecule has 0 N–H and O–H groups in total. The summed E-state index contributed by atoms with van der Waals surface area (Å²) in [6.45, 7) is 3.52. The molecule has 0 unspecified atom stereocenters. The first-order chi connectivity index (χ1) is 14.6. The van der Waals surface area contributed by atoms with Gasteiger partial charge in [-0.2, -0.15) is 13.2 Å². The highest BCUT2D eigenvalue weighted by atomic mass is 35.5. The zero-order chi connectivity index (χ0) is 22.6. The Morgan fingerprint density at radius 1 is 1.10 bits per heavy atom. The summed E-state index contributed by atoms with van der Waals surface area (Å²) < 4.78 is 43.3. The van der Waals surface area contributed by atoms with Crippen molar-refractivity contribution in [1.29, 1.82) is 0 Å². The van der Waals surface area contributed by atoms with Crippen molar-refractivity contribution in [1.82, 2.24) is 15.0 Å². The molecule has 3 aromatic rings. The van der Waals surface area contributed by atoms with Crippen LogP contribution in [0.15, 0.2) is 48.9 Å². The van der Waals surface area contributed by atoms with Crippen molar-refractivity contribution < 1.29 is 22.7 Å². The second-order valence-electron chi connectivity index (χ2n) is 6.65. The summed E-state index contributed by atoms with van der Waals surface area (Å²) in [5.74, 6) is 0.634. The number of aryl methyl sites for hydroxylation is 1. The number of benzene rings is 1. The third-order valence-electron chi connectivity index (χ3n) is 4.41. The van der Waals surface area contributed by atoms with Crippen molar-refractivity contribution in [3.8, 4) is 11.6 Å². The van der Waals surface area contributed by atoms with Crippen LogP contribution in [-0.2, 0) is 17.4 Å². The Morgan fingerprint density at radius 3 is 2.39 bits per heavy atom. The van der Waals surface area contributed by atoms with E-state index in [1.807, 2.05) is 0 Å². The monoisotopic (exact) mass is 450 g/mol. The second kappa shape index (κ2) is 9.30. The quantitative estimate of drug-likeness (QED) is 0.513. The number of hydrogen-bond donors (Lipinski definition) is 0. The fourth-order valence-electron chi connectivity index (χ4n) is 2.74. The van der Waals surface area contributed by atoms with E-state index >= 15 is 0 Å². The number of aromatic nitrogens is 3. The van der Waals surface area contributed by atoms with Gasteiger partial charge in [0.25, 0.3) is 0 Å². The predicted octanol–water partition coefficient (Wildman–Crippen LogP) is 5.24. The van der Waals surface area contributed by atoms with Gasteiger partial charge in [0.2, 0.25) is 11.8 Å². The van der Waals surface area contributed by atoms with Crippen LogP contribution in [-0.4, -0.2) is 27.4 Å². The van der Waals surface area contributed by atoms with Gasteiger partial charge >= 0.3 is 6.18 Å². The van der Waals surface area contributed by atoms with Crippen LogP contribution in [0, 0.1) is 6.92 Å². The van der Waals surface area contributed by atoms with Crippen LogP contribution >= 0.6 is 11.6 Å². The van der Waals surface area contributed by atoms with Crippen molar-refractivity contribution in [2.24, 2.45) is 0 Å². The van der Waals surface area contributed by atoms with E-state index in [0.717, 1.165) is 23.9 Å². The summed E-state index contributed by atoms with van der Waals surface area (Å²) in [4.78, 5) is 25.4. The molecule has 0 spiro atoms. The zero-order valence-corrected chi connectivity index (χ0v) is 17.4. The number of hydrogen-bond acceptors (Lipinski definition) is 5. The van der Waals surface area contributed by atoms with Gasteiger partial charge in [0.15, 0.2) is 5.82 Å². The first-order valence-electron chi connectivity index (χ1n) is 9.20. The van der Waals surface area contributed by atoms with Gasteiger partial charge in [0.1, 0.15) is 17.1 Å². The highest BCUT2D eigenvalue weighted by Gasteiger charge is 2.30. The lowest BCUT2D eigenvalue weighted by Crippen LogP contribution is -2.32. The summed E-state index contributed by atoms with van der Waals surface area (Å²) in [7, 11) is 0. The number of nitrogens with zero attached hydrogens (tertiary/aromatic N) is 4. The van der Waals surface area contributed by atoms with E-state index < -0.39 is 11.7 Å². The Balaban J connectivity index is 1.64. The molecule has 0 radical (unpaired) electrons. The molecule has 1 amide bonds. The lowest BCUT2D eigenvalue weighted by atomic mass is 10.1. The van der Waals surface area contributed by atoms with Crippen LogP contribution in [0.4, 0.5) is 19.0 Å². The highest BCUT2D eigenvalue weighted by molar-refractivity contribution is 6.34. The summed E-state index contributed by atoms with van der Waals surface area (Å²) in [6.07, 6.45) is -1.85. The van der Waals surface area contributed by atoms with Gasteiger partial charge < -0.3 is 4.74 Å². The Labute approximate surface area is 181 Å². The highest BCUT2D eigenvalue weighted by Crippen LogP contribution is 2.30. The van der Waals surface area contributed by atoms with Crippen LogP contribution in [0.3, 0.4) is 0 Å². The Bertz CT molecular complexity index is 1060. The molecule has 10 heteroatoms. The Hall–Kier alpha value is -3.20. The van der Waals surface area contributed by atoms with E-state index in [2.05, 4.69) is 15.0 Å². The second-order valence-corrected chi connectivity index (χ2v) is 7.02. The zero-order valence-electron chi connectivity index (χ0n) is 16.7. The molecule has 2 heterocycles. The molecule has 0 saturated carbocycles. The molecule has 0 atom stereocenters. The molecule has 0 bridgehead atoms. The van der Waals surface area contributed by atoms with E-state index in [1.165, 1.54) is 18.2 Å². The van der Waals surface area contributed by atoms with Gasteiger partial charge in [-0.05, 0) is 37.1 Å². The fourth-order valence-corrected chi connectivity index (χ4v) is 2.94. The van der Waals surface area contributed by atoms with Crippen molar-refractivity contribution in [3.63, 3.8) is 0 Å². The topological polar surface area (TPSA) is 68.2 Å². The number of alkyl halides is 3. The molecule has 3 rings (SSSR count). The van der Waals surface area contributed by atoms with E-state index in [0.29, 0.717) is 35.2 Å². The van der Waals surface area contributed by atoms with Crippen LogP contribution < -0.4 is 9.64 Å². The summed E-state index contributed by atoms with van der Waals surface area (Å²) in [5.41, 5.74) is 0.654. The number of rotatable bonds is 6. The average Bonchev–Trinajstić information content (AvgIpc) is 2.72. The van der Waals surface area contributed by atoms with E-state index in [4.69, 9.17) is 16.3 Å². The number of ether oxygens (including phenoxy) is 1. The standard InChI is InChI=1S/C21H18ClF3N4O2/c1-13-19(22)20(28-12-27-13)29(14(2)30)10-9-15-3-6-17(7-4-15)31-18-8-5-16(11-26-18)21(23,24)25/h3-8,11-12H,9-10H2,1-2H3. The molecule has 31 heavy (non-hydrogen) atoms. The molecule has 0 saturated heterocycles. The van der Waals surface area contributed by atoms with E-state index in [1.54, 1.807) is 31.2 Å². The number of pyridine rings is 1. The number of anilines is 1. The third-order valence-corrected chi connectivity index (χ3v) is 4.86. The van der Waals surface area contributed by atoms with Crippen LogP contribution in [0.25, 0.3) is 0 Å². The van der Waals surface area contributed by atoms with Crippen LogP contribution in [0.1, 0.15) is 23.7 Å². The molecule has 2 aromatic heterocycles. The predicted molar refractivity (Wildman–Crippen MR) is 109 cm³/mol. The lowest BCUT2D eigenvalue weighted by Gasteiger charge is -2.21. The summed E-state index contributed by atoms with van der Waals surface area (Å²) >= 11 is 6.24.